The van der Waals surface area contributed by atoms with E-state index in [2.05, 4.69) is 4.99 Å². The zero-order chi connectivity index (χ0) is 21.3. The van der Waals surface area contributed by atoms with Crippen molar-refractivity contribution in [1.29, 1.82) is 0 Å². The molecule has 1 amide bonds. The predicted octanol–water partition coefficient (Wildman–Crippen LogP) is 4.03. The van der Waals surface area contributed by atoms with Gasteiger partial charge < -0.3 is 4.57 Å². The first kappa shape index (κ1) is 21.0. The molecule has 0 aliphatic heterocycles. The average molecular weight is 444 g/mol. The molecular formula is C22H25N3O3S2. The number of amides is 1. The summed E-state index contributed by atoms with van der Waals surface area (Å²) in [5.41, 5.74) is 1.42. The SMILES string of the molecule is CCn1c(=NC(=O)c2ccc(S(=O)(=O)N(C)C3CCCC3)cc2)sc2ccccc21. The molecule has 158 valence electrons. The quantitative estimate of drug-likeness (QED) is 0.598. The number of carbonyl (C=O) groups excluding carboxylic acids is 1. The largest absolute Gasteiger partial charge is 0.317 e. The first-order chi connectivity index (χ1) is 14.4. The number of hydrogen-bond acceptors (Lipinski definition) is 4. The Labute approximate surface area is 180 Å². The zero-order valence-corrected chi connectivity index (χ0v) is 18.7. The lowest BCUT2D eigenvalue weighted by Gasteiger charge is -2.23. The van der Waals surface area contributed by atoms with Crippen molar-refractivity contribution in [3.05, 3.63) is 58.9 Å². The van der Waals surface area contributed by atoms with Gasteiger partial charge in [-0.1, -0.05) is 36.3 Å². The highest BCUT2D eigenvalue weighted by molar-refractivity contribution is 7.89. The van der Waals surface area contributed by atoms with Gasteiger partial charge >= 0.3 is 0 Å². The third-order valence-electron chi connectivity index (χ3n) is 5.72. The molecule has 4 rings (SSSR count). The highest BCUT2D eigenvalue weighted by Gasteiger charge is 2.30. The summed E-state index contributed by atoms with van der Waals surface area (Å²) in [7, 11) is -1.92. The van der Waals surface area contributed by atoms with Crippen LogP contribution in [0.2, 0.25) is 0 Å². The number of nitrogens with zero attached hydrogens (tertiary/aromatic N) is 3. The fourth-order valence-corrected chi connectivity index (χ4v) is 6.47. The molecule has 0 saturated heterocycles. The molecule has 0 atom stereocenters. The molecule has 30 heavy (non-hydrogen) atoms. The minimum atomic E-state index is -3.56. The van der Waals surface area contributed by atoms with Crippen LogP contribution in [-0.4, -0.2) is 36.3 Å². The number of para-hydroxylation sites is 1. The van der Waals surface area contributed by atoms with Crippen LogP contribution < -0.4 is 4.80 Å². The van der Waals surface area contributed by atoms with Gasteiger partial charge in [0.05, 0.1) is 15.1 Å². The van der Waals surface area contributed by atoms with Gasteiger partial charge in [0.1, 0.15) is 0 Å². The van der Waals surface area contributed by atoms with Crippen LogP contribution in [-0.2, 0) is 16.6 Å². The first-order valence-corrected chi connectivity index (χ1v) is 12.4. The third kappa shape index (κ3) is 3.87. The molecule has 1 aromatic heterocycles. The van der Waals surface area contributed by atoms with Crippen LogP contribution in [0.15, 0.2) is 58.4 Å². The lowest BCUT2D eigenvalue weighted by molar-refractivity contribution is 0.0997. The Balaban J connectivity index is 1.62. The number of aryl methyl sites for hydroxylation is 1. The molecule has 2 aromatic carbocycles. The summed E-state index contributed by atoms with van der Waals surface area (Å²) in [6.07, 6.45) is 3.93. The predicted molar refractivity (Wildman–Crippen MR) is 119 cm³/mol. The highest BCUT2D eigenvalue weighted by atomic mass is 32.2. The second-order valence-electron chi connectivity index (χ2n) is 7.50. The van der Waals surface area contributed by atoms with Gasteiger partial charge in [0, 0.05) is 25.2 Å². The van der Waals surface area contributed by atoms with E-state index < -0.39 is 10.0 Å². The van der Waals surface area contributed by atoms with Crippen LogP contribution in [0, 0.1) is 0 Å². The summed E-state index contributed by atoms with van der Waals surface area (Å²) in [6, 6.07) is 14.1. The van der Waals surface area contributed by atoms with Crippen molar-refractivity contribution in [1.82, 2.24) is 8.87 Å². The van der Waals surface area contributed by atoms with Crippen molar-refractivity contribution in [3.63, 3.8) is 0 Å². The lowest BCUT2D eigenvalue weighted by atomic mass is 10.2. The van der Waals surface area contributed by atoms with Crippen LogP contribution in [0.1, 0.15) is 43.0 Å². The maximum atomic E-state index is 12.9. The summed E-state index contributed by atoms with van der Waals surface area (Å²) in [4.78, 5) is 17.9. The number of rotatable bonds is 5. The van der Waals surface area contributed by atoms with Crippen molar-refractivity contribution >= 4 is 37.5 Å². The molecule has 3 aromatic rings. The second kappa shape index (κ2) is 8.45. The summed E-state index contributed by atoms with van der Waals surface area (Å²) >= 11 is 1.47. The molecule has 8 heteroatoms. The summed E-state index contributed by atoms with van der Waals surface area (Å²) in [5, 5.41) is 0. The smallest absolute Gasteiger partial charge is 0.279 e. The molecular weight excluding hydrogens is 418 g/mol. The molecule has 0 spiro atoms. The van der Waals surface area contributed by atoms with Gasteiger partial charge in [-0.2, -0.15) is 9.30 Å². The fraction of sp³-hybridized carbons (Fsp3) is 0.364. The van der Waals surface area contributed by atoms with Crippen LogP contribution in [0.3, 0.4) is 0 Å². The Morgan fingerprint density at radius 3 is 2.47 bits per heavy atom. The van der Waals surface area contributed by atoms with Gasteiger partial charge in [0.2, 0.25) is 10.0 Å². The van der Waals surface area contributed by atoms with Gasteiger partial charge in [-0.25, -0.2) is 8.42 Å². The van der Waals surface area contributed by atoms with Gasteiger partial charge in [-0.05, 0) is 56.2 Å². The van der Waals surface area contributed by atoms with Crippen molar-refractivity contribution < 1.29 is 13.2 Å². The van der Waals surface area contributed by atoms with Gasteiger partial charge in [0.15, 0.2) is 4.80 Å². The normalized spacial score (nSPS) is 16.0. The van der Waals surface area contributed by atoms with E-state index in [1.165, 1.54) is 27.8 Å². The van der Waals surface area contributed by atoms with Gasteiger partial charge in [-0.3, -0.25) is 4.79 Å². The van der Waals surface area contributed by atoms with E-state index in [0.29, 0.717) is 16.9 Å². The molecule has 0 radical (unpaired) electrons. The maximum absolute atomic E-state index is 12.9. The molecule has 6 nitrogen and oxygen atoms in total. The molecule has 1 aliphatic rings. The van der Waals surface area contributed by atoms with Crippen molar-refractivity contribution in [2.75, 3.05) is 7.05 Å². The Kier molecular flexibility index (Phi) is 5.90. The standard InChI is InChI=1S/C22H25N3O3S2/c1-3-25-19-10-6-7-11-20(19)29-22(25)23-21(26)16-12-14-18(15-13-16)30(27,28)24(2)17-8-4-5-9-17/h6-7,10-15,17H,3-5,8-9H2,1-2H3. The molecule has 1 saturated carbocycles. The number of hydrogen-bond donors (Lipinski definition) is 0. The number of aromatic nitrogens is 1. The molecule has 0 N–H and O–H groups in total. The van der Waals surface area contributed by atoms with E-state index >= 15 is 0 Å². The minimum Gasteiger partial charge on any atom is -0.317 e. The average Bonchev–Trinajstić information content (AvgIpc) is 3.40. The summed E-state index contributed by atoms with van der Waals surface area (Å²) in [6.45, 7) is 2.73. The minimum absolute atomic E-state index is 0.0590. The summed E-state index contributed by atoms with van der Waals surface area (Å²) in [5.74, 6) is -0.378. The molecule has 0 bridgehead atoms. The maximum Gasteiger partial charge on any atom is 0.279 e. The third-order valence-corrected chi connectivity index (χ3v) is 8.70. The Hall–Kier alpha value is -2.29. The Morgan fingerprint density at radius 1 is 1.13 bits per heavy atom. The highest BCUT2D eigenvalue weighted by Crippen LogP contribution is 2.27. The fourth-order valence-electron chi connectivity index (χ4n) is 3.96. The Bertz CT molecular complexity index is 1230. The number of carbonyl (C=O) groups is 1. The monoisotopic (exact) mass is 443 g/mol. The number of sulfonamides is 1. The molecule has 0 unspecified atom stereocenters. The van der Waals surface area contributed by atoms with Gasteiger partial charge in [-0.15, -0.1) is 0 Å². The van der Waals surface area contributed by atoms with Crippen LogP contribution >= 0.6 is 11.3 Å². The van der Waals surface area contributed by atoms with E-state index in [-0.39, 0.29) is 16.8 Å². The van der Waals surface area contributed by atoms with E-state index in [1.807, 2.05) is 35.8 Å². The molecule has 1 aliphatic carbocycles. The number of benzene rings is 2. The Morgan fingerprint density at radius 2 is 1.80 bits per heavy atom. The topological polar surface area (TPSA) is 71.7 Å². The van der Waals surface area contributed by atoms with E-state index in [9.17, 15) is 13.2 Å². The van der Waals surface area contributed by atoms with Crippen molar-refractivity contribution in [2.45, 2.75) is 50.1 Å². The van der Waals surface area contributed by atoms with E-state index in [4.69, 9.17) is 0 Å². The lowest BCUT2D eigenvalue weighted by Crippen LogP contribution is -2.35. The molecule has 1 fully saturated rings. The summed E-state index contributed by atoms with van der Waals surface area (Å²) < 4.78 is 30.3. The van der Waals surface area contributed by atoms with Crippen molar-refractivity contribution in [2.24, 2.45) is 4.99 Å². The van der Waals surface area contributed by atoms with Crippen molar-refractivity contribution in [3.8, 4) is 0 Å². The first-order valence-electron chi connectivity index (χ1n) is 10.2. The van der Waals surface area contributed by atoms with Crippen LogP contribution in [0.4, 0.5) is 0 Å². The number of fused-ring (bicyclic) bond motifs is 1. The van der Waals surface area contributed by atoms with Crippen LogP contribution in [0.25, 0.3) is 10.2 Å². The van der Waals surface area contributed by atoms with Crippen LogP contribution in [0.5, 0.6) is 0 Å². The second-order valence-corrected chi connectivity index (χ2v) is 10.5. The molecule has 1 heterocycles. The zero-order valence-electron chi connectivity index (χ0n) is 17.1. The van der Waals surface area contributed by atoms with Gasteiger partial charge in [0.25, 0.3) is 5.91 Å². The van der Waals surface area contributed by atoms with E-state index in [1.54, 1.807) is 19.2 Å². The van der Waals surface area contributed by atoms with E-state index in [0.717, 1.165) is 35.9 Å². The number of thiazole rings is 1.